The molecule has 1 aromatic heterocycles. The maximum absolute atomic E-state index is 12.1. The third-order valence-electron chi connectivity index (χ3n) is 3.09. The van der Waals surface area contributed by atoms with Gasteiger partial charge in [-0.25, -0.2) is 0 Å². The molecule has 0 saturated heterocycles. The van der Waals surface area contributed by atoms with E-state index in [2.05, 4.69) is 5.32 Å². The Morgan fingerprint density at radius 1 is 1.18 bits per heavy atom. The molecule has 2 aromatic rings. The molecule has 0 aliphatic heterocycles. The number of nitrogens with one attached hydrogen (secondary N) is 1. The summed E-state index contributed by atoms with van der Waals surface area (Å²) in [4.78, 5) is 24.1. The smallest absolute Gasteiger partial charge is 0.293 e. The van der Waals surface area contributed by atoms with E-state index in [1.165, 1.54) is 4.57 Å². The lowest BCUT2D eigenvalue weighted by Crippen LogP contribution is -2.32. The van der Waals surface area contributed by atoms with E-state index in [0.29, 0.717) is 13.2 Å². The molecule has 5 nitrogen and oxygen atoms in total. The third kappa shape index (κ3) is 4.48. The Bertz CT molecular complexity index is 665. The summed E-state index contributed by atoms with van der Waals surface area (Å²) in [6.07, 6.45) is 2.41. The second kappa shape index (κ2) is 8.02. The van der Waals surface area contributed by atoms with Crippen LogP contribution in [0.4, 0.5) is 0 Å². The minimum absolute atomic E-state index is 0.0189. The molecular formula is C17H20N2O3. The third-order valence-corrected chi connectivity index (χ3v) is 3.09. The zero-order valence-corrected chi connectivity index (χ0v) is 12.6. The van der Waals surface area contributed by atoms with E-state index in [1.807, 2.05) is 37.3 Å². The Morgan fingerprint density at radius 3 is 2.68 bits per heavy atom. The first-order valence-electron chi connectivity index (χ1n) is 7.33. The van der Waals surface area contributed by atoms with Crippen molar-refractivity contribution in [1.82, 2.24) is 9.88 Å². The van der Waals surface area contributed by atoms with Crippen LogP contribution >= 0.6 is 0 Å². The topological polar surface area (TPSA) is 60.3 Å². The number of aromatic nitrogens is 1. The predicted octanol–water partition coefficient (Wildman–Crippen LogP) is 1.95. The molecule has 0 aliphatic rings. The summed E-state index contributed by atoms with van der Waals surface area (Å²) in [5, 5.41) is 2.80. The van der Waals surface area contributed by atoms with Gasteiger partial charge in [-0.05, 0) is 24.1 Å². The zero-order valence-electron chi connectivity index (χ0n) is 12.6. The summed E-state index contributed by atoms with van der Waals surface area (Å²) in [6.45, 7) is 2.88. The van der Waals surface area contributed by atoms with Crippen molar-refractivity contribution in [2.24, 2.45) is 0 Å². The number of hydrogen-bond donors (Lipinski definition) is 1. The Balaban J connectivity index is 1.95. The first kappa shape index (κ1) is 15.8. The maximum Gasteiger partial charge on any atom is 0.293 e. The number of benzene rings is 1. The van der Waals surface area contributed by atoms with Crippen molar-refractivity contribution in [3.8, 4) is 5.75 Å². The van der Waals surface area contributed by atoms with Gasteiger partial charge in [-0.15, -0.1) is 0 Å². The fourth-order valence-electron chi connectivity index (χ4n) is 1.97. The number of nitrogens with zero attached hydrogens (tertiary/aromatic N) is 1. The van der Waals surface area contributed by atoms with E-state index >= 15 is 0 Å². The molecule has 2 rings (SSSR count). The molecular weight excluding hydrogens is 280 g/mol. The predicted molar refractivity (Wildman–Crippen MR) is 84.8 cm³/mol. The molecule has 1 N–H and O–H groups in total. The van der Waals surface area contributed by atoms with Crippen LogP contribution in [0, 0.1) is 0 Å². The standard InChI is InChI=1S/C17H20N2O3/c1-2-11-22-15-9-6-10-19(17(15)21)13-16(20)18-12-14-7-4-3-5-8-14/h3-10H,2,11-13H2,1H3,(H,18,20). The molecule has 0 radical (unpaired) electrons. The summed E-state index contributed by atoms with van der Waals surface area (Å²) in [5.41, 5.74) is 0.731. The van der Waals surface area contributed by atoms with Crippen LogP contribution < -0.4 is 15.6 Å². The fraction of sp³-hybridized carbons (Fsp3) is 0.294. The lowest BCUT2D eigenvalue weighted by molar-refractivity contribution is -0.121. The number of carbonyl (C=O) groups is 1. The van der Waals surface area contributed by atoms with Gasteiger partial charge < -0.3 is 14.6 Å². The molecule has 22 heavy (non-hydrogen) atoms. The molecule has 1 amide bonds. The minimum Gasteiger partial charge on any atom is -0.488 e. The maximum atomic E-state index is 12.1. The van der Waals surface area contributed by atoms with Crippen LogP contribution in [0.3, 0.4) is 0 Å². The van der Waals surface area contributed by atoms with Crippen LogP contribution in [0.1, 0.15) is 18.9 Å². The van der Waals surface area contributed by atoms with Gasteiger partial charge in [0.25, 0.3) is 5.56 Å². The van der Waals surface area contributed by atoms with E-state index in [0.717, 1.165) is 12.0 Å². The molecule has 1 aromatic carbocycles. The largest absolute Gasteiger partial charge is 0.488 e. The first-order valence-corrected chi connectivity index (χ1v) is 7.33. The molecule has 0 aliphatic carbocycles. The molecule has 0 bridgehead atoms. The van der Waals surface area contributed by atoms with Crippen molar-refractivity contribution >= 4 is 5.91 Å². The summed E-state index contributed by atoms with van der Waals surface area (Å²) in [5.74, 6) is 0.0683. The average molecular weight is 300 g/mol. The van der Waals surface area contributed by atoms with Crippen molar-refractivity contribution in [3.63, 3.8) is 0 Å². The van der Waals surface area contributed by atoms with E-state index in [-0.39, 0.29) is 23.8 Å². The zero-order chi connectivity index (χ0) is 15.8. The second-order valence-corrected chi connectivity index (χ2v) is 4.92. The summed E-state index contributed by atoms with van der Waals surface area (Å²) >= 11 is 0. The Labute approximate surface area is 129 Å². The fourth-order valence-corrected chi connectivity index (χ4v) is 1.97. The molecule has 0 unspecified atom stereocenters. The van der Waals surface area contributed by atoms with Gasteiger partial charge in [0.05, 0.1) is 6.61 Å². The van der Waals surface area contributed by atoms with Crippen LogP contribution in [-0.4, -0.2) is 17.1 Å². The van der Waals surface area contributed by atoms with Crippen molar-refractivity contribution in [3.05, 3.63) is 64.6 Å². The van der Waals surface area contributed by atoms with Gasteiger partial charge in [0, 0.05) is 12.7 Å². The lowest BCUT2D eigenvalue weighted by Gasteiger charge is -2.09. The SMILES string of the molecule is CCCOc1cccn(CC(=O)NCc2ccccc2)c1=O. The monoisotopic (exact) mass is 300 g/mol. The summed E-state index contributed by atoms with van der Waals surface area (Å²) in [6, 6.07) is 13.0. The Morgan fingerprint density at radius 2 is 1.95 bits per heavy atom. The van der Waals surface area contributed by atoms with Gasteiger partial charge in [0.1, 0.15) is 6.54 Å². The Kier molecular flexibility index (Phi) is 5.77. The molecule has 0 atom stereocenters. The Hall–Kier alpha value is -2.56. The number of hydrogen-bond acceptors (Lipinski definition) is 3. The number of carbonyl (C=O) groups excluding carboxylic acids is 1. The molecule has 5 heteroatoms. The highest BCUT2D eigenvalue weighted by molar-refractivity contribution is 5.75. The number of rotatable bonds is 7. The van der Waals surface area contributed by atoms with E-state index in [9.17, 15) is 9.59 Å². The molecule has 116 valence electrons. The number of pyridine rings is 1. The average Bonchev–Trinajstić information content (AvgIpc) is 2.55. The first-order chi connectivity index (χ1) is 10.7. The van der Waals surface area contributed by atoms with Crippen molar-refractivity contribution in [2.45, 2.75) is 26.4 Å². The van der Waals surface area contributed by atoms with E-state index < -0.39 is 0 Å². The van der Waals surface area contributed by atoms with E-state index in [4.69, 9.17) is 4.74 Å². The van der Waals surface area contributed by atoms with Crippen LogP contribution in [0.2, 0.25) is 0 Å². The molecule has 1 heterocycles. The second-order valence-electron chi connectivity index (χ2n) is 4.92. The summed E-state index contributed by atoms with van der Waals surface area (Å²) in [7, 11) is 0. The quantitative estimate of drug-likeness (QED) is 0.850. The van der Waals surface area contributed by atoms with Crippen LogP contribution in [-0.2, 0) is 17.9 Å². The van der Waals surface area contributed by atoms with Crippen molar-refractivity contribution in [2.75, 3.05) is 6.61 Å². The highest BCUT2D eigenvalue weighted by atomic mass is 16.5. The van der Waals surface area contributed by atoms with Gasteiger partial charge in [-0.1, -0.05) is 37.3 Å². The summed E-state index contributed by atoms with van der Waals surface area (Å²) < 4.78 is 6.72. The molecule has 0 saturated carbocycles. The van der Waals surface area contributed by atoms with Gasteiger partial charge in [0.15, 0.2) is 5.75 Å². The lowest BCUT2D eigenvalue weighted by atomic mass is 10.2. The van der Waals surface area contributed by atoms with E-state index in [1.54, 1.807) is 18.3 Å². The van der Waals surface area contributed by atoms with Crippen LogP contribution in [0.15, 0.2) is 53.5 Å². The van der Waals surface area contributed by atoms with Crippen LogP contribution in [0.25, 0.3) is 0 Å². The van der Waals surface area contributed by atoms with Gasteiger partial charge in [0.2, 0.25) is 5.91 Å². The molecule has 0 fully saturated rings. The molecule has 0 spiro atoms. The van der Waals surface area contributed by atoms with Crippen molar-refractivity contribution in [1.29, 1.82) is 0 Å². The number of amides is 1. The van der Waals surface area contributed by atoms with Gasteiger partial charge >= 0.3 is 0 Å². The minimum atomic E-state index is -0.286. The number of ether oxygens (including phenoxy) is 1. The highest BCUT2D eigenvalue weighted by Crippen LogP contribution is 2.02. The highest BCUT2D eigenvalue weighted by Gasteiger charge is 2.08. The normalized spacial score (nSPS) is 10.2. The van der Waals surface area contributed by atoms with Gasteiger partial charge in [-0.3, -0.25) is 9.59 Å². The van der Waals surface area contributed by atoms with Crippen LogP contribution in [0.5, 0.6) is 5.75 Å². The van der Waals surface area contributed by atoms with Crippen molar-refractivity contribution < 1.29 is 9.53 Å². The van der Waals surface area contributed by atoms with Gasteiger partial charge in [-0.2, -0.15) is 0 Å².